The lowest BCUT2D eigenvalue weighted by Gasteiger charge is -2.53. The number of hydrogen-bond acceptors (Lipinski definition) is 5. The molecule has 0 spiro atoms. The molecule has 1 unspecified atom stereocenters. The maximum absolute atomic E-state index is 10.2. The number of hydrogen-bond donors (Lipinski definition) is 5. The van der Waals surface area contributed by atoms with Crippen molar-refractivity contribution in [2.24, 2.45) is 5.73 Å². The first kappa shape index (κ1) is 10.7. The number of nitrogens with two attached hydrogens (primary N) is 1. The van der Waals surface area contributed by atoms with E-state index in [0.717, 1.165) is 0 Å². The van der Waals surface area contributed by atoms with Gasteiger partial charge in [0.05, 0.1) is 0 Å². The molecule has 2 bridgehead atoms. The zero-order chi connectivity index (χ0) is 10.6. The summed E-state index contributed by atoms with van der Waals surface area (Å²) in [5, 5.41) is -0.774. The van der Waals surface area contributed by atoms with Gasteiger partial charge in [0.25, 0.3) is 0 Å². The maximum atomic E-state index is 10.2. The Morgan fingerprint density at radius 3 is 2.07 bits per heavy atom. The van der Waals surface area contributed by atoms with E-state index in [1.165, 1.54) is 0 Å². The van der Waals surface area contributed by atoms with Gasteiger partial charge in [-0.25, -0.2) is 0 Å². The van der Waals surface area contributed by atoms with E-state index in [4.69, 9.17) is 5.73 Å². The molecule has 0 aliphatic carbocycles. The van der Waals surface area contributed by atoms with Crippen LogP contribution in [0.5, 0.6) is 0 Å². The summed E-state index contributed by atoms with van der Waals surface area (Å²) in [4.78, 5) is 38.5. The molecule has 0 amide bonds. The first-order chi connectivity index (χ1) is 6.29. The zero-order valence-corrected chi connectivity index (χ0v) is 9.98. The van der Waals surface area contributed by atoms with Crippen LogP contribution in [0.2, 0.25) is 17.1 Å². The minimum atomic E-state index is -4.11. The molecule has 0 aromatic carbocycles. The van der Waals surface area contributed by atoms with E-state index < -0.39 is 22.2 Å². The van der Waals surface area contributed by atoms with Crippen molar-refractivity contribution >= 4 is 17.1 Å². The van der Waals surface area contributed by atoms with Crippen LogP contribution in [0.15, 0.2) is 0 Å². The fraction of sp³-hybridized carbons (Fsp3) is 1.00. The van der Waals surface area contributed by atoms with Crippen LogP contribution in [0.1, 0.15) is 19.3 Å². The van der Waals surface area contributed by atoms with Crippen LogP contribution in [-0.4, -0.2) is 42.0 Å². The molecule has 3 rings (SSSR count). The van der Waals surface area contributed by atoms with Crippen molar-refractivity contribution in [1.82, 2.24) is 0 Å². The lowest BCUT2D eigenvalue weighted by molar-refractivity contribution is 0.147. The fourth-order valence-electron chi connectivity index (χ4n) is 2.82. The summed E-state index contributed by atoms with van der Waals surface area (Å²) < 4.78 is 0. The molecule has 82 valence electrons. The van der Waals surface area contributed by atoms with Gasteiger partial charge in [0, 0.05) is 10.7 Å². The molecule has 0 aromatic rings. The number of fused-ring (bicyclic) bond motifs is 3. The van der Waals surface area contributed by atoms with E-state index in [0.29, 0.717) is 31.4 Å². The lowest BCUT2D eigenvalue weighted by atomic mass is 9.96. The van der Waals surface area contributed by atoms with Crippen LogP contribution >= 0.6 is 0 Å². The third-order valence-corrected chi connectivity index (χ3v) is 10.0. The fourth-order valence-corrected chi connectivity index (χ4v) is 8.52. The highest BCUT2D eigenvalue weighted by atomic mass is 28.4. The van der Waals surface area contributed by atoms with E-state index in [-0.39, 0.29) is 5.67 Å². The molecule has 3 aliphatic rings. The van der Waals surface area contributed by atoms with E-state index >= 15 is 0 Å². The Morgan fingerprint density at radius 1 is 1.21 bits per heavy atom. The second-order valence-electron chi connectivity index (χ2n) is 4.83. The SMILES string of the molecule is NC1CC2([Si](O)(O)O)CC[Si]1(O)CC2. The van der Waals surface area contributed by atoms with Crippen LogP contribution in [0.25, 0.3) is 0 Å². The van der Waals surface area contributed by atoms with E-state index in [1.807, 2.05) is 0 Å². The smallest absolute Gasteiger partial charge is 0.430 e. The van der Waals surface area contributed by atoms with Gasteiger partial charge in [-0.05, 0) is 31.4 Å². The third-order valence-electron chi connectivity index (χ3n) is 4.09. The molecule has 3 aliphatic heterocycles. The van der Waals surface area contributed by atoms with Gasteiger partial charge in [0.15, 0.2) is 0 Å². The van der Waals surface area contributed by atoms with Gasteiger partial charge in [0.1, 0.15) is 0 Å². The van der Waals surface area contributed by atoms with Crippen molar-refractivity contribution < 1.29 is 19.2 Å². The highest BCUT2D eigenvalue weighted by Crippen LogP contribution is 2.58. The molecule has 0 aromatic heterocycles. The average Bonchev–Trinajstić information content (AvgIpc) is 2.06. The average molecular weight is 235 g/mol. The van der Waals surface area contributed by atoms with Crippen molar-refractivity contribution in [3.63, 3.8) is 0 Å². The summed E-state index contributed by atoms with van der Waals surface area (Å²) >= 11 is 0. The Kier molecular flexibility index (Phi) is 2.21. The molecule has 0 radical (unpaired) electrons. The Labute approximate surface area is 84.7 Å². The van der Waals surface area contributed by atoms with E-state index in [2.05, 4.69) is 0 Å². The largest absolute Gasteiger partial charge is 0.499 e. The van der Waals surface area contributed by atoms with Gasteiger partial charge in [-0.2, -0.15) is 0 Å². The monoisotopic (exact) mass is 235 g/mol. The molecular formula is C7H17NO4Si2. The minimum absolute atomic E-state index is 0.302. The Bertz CT molecular complexity index is 247. The highest BCUT2D eigenvalue weighted by molar-refractivity contribution is 6.76. The van der Waals surface area contributed by atoms with Gasteiger partial charge < -0.3 is 24.9 Å². The summed E-state index contributed by atoms with van der Waals surface area (Å²) in [5.41, 5.74) is 5.53. The van der Waals surface area contributed by atoms with Gasteiger partial charge in [0.2, 0.25) is 8.32 Å². The predicted octanol–water partition coefficient (Wildman–Crippen LogP) is -1.36. The first-order valence-electron chi connectivity index (χ1n) is 4.94. The van der Waals surface area contributed by atoms with Crippen molar-refractivity contribution in [3.05, 3.63) is 0 Å². The second-order valence-corrected chi connectivity index (χ2v) is 11.1. The van der Waals surface area contributed by atoms with E-state index in [1.54, 1.807) is 0 Å². The quantitative estimate of drug-likeness (QED) is 0.361. The molecule has 3 fully saturated rings. The van der Waals surface area contributed by atoms with Crippen LogP contribution < -0.4 is 5.73 Å². The third kappa shape index (κ3) is 1.32. The van der Waals surface area contributed by atoms with Crippen molar-refractivity contribution in [2.45, 2.75) is 42.1 Å². The van der Waals surface area contributed by atoms with E-state index in [9.17, 15) is 19.2 Å². The Morgan fingerprint density at radius 2 is 1.71 bits per heavy atom. The molecule has 3 saturated heterocycles. The Balaban J connectivity index is 2.27. The van der Waals surface area contributed by atoms with Crippen molar-refractivity contribution in [1.29, 1.82) is 0 Å². The molecular weight excluding hydrogens is 218 g/mol. The molecule has 1 atom stereocenters. The molecule has 7 heteroatoms. The maximum Gasteiger partial charge on any atom is 0.499 e. The standard InChI is InChI=1S/C7H17NO4Si2/c8-6-5-7(14(10,11)12)1-3-13(6,9)4-2-7/h6,9-12H,1-5,8H2. The summed E-state index contributed by atoms with van der Waals surface area (Å²) in [6, 6.07) is 1.20. The summed E-state index contributed by atoms with van der Waals surface area (Å²) in [5.74, 6) is 0. The molecule has 6 N–H and O–H groups in total. The van der Waals surface area contributed by atoms with Gasteiger partial charge in [-0.1, -0.05) is 0 Å². The van der Waals surface area contributed by atoms with Crippen LogP contribution in [0.3, 0.4) is 0 Å². The topological polar surface area (TPSA) is 107 Å². The summed E-state index contributed by atoms with van der Waals surface area (Å²) in [7, 11) is -6.42. The molecule has 0 saturated carbocycles. The Hall–Kier alpha value is 0.234. The molecule has 3 heterocycles. The minimum Gasteiger partial charge on any atom is -0.430 e. The predicted molar refractivity (Wildman–Crippen MR) is 54.5 cm³/mol. The van der Waals surface area contributed by atoms with Crippen molar-refractivity contribution in [2.75, 3.05) is 0 Å². The number of rotatable bonds is 1. The lowest BCUT2D eigenvalue weighted by Crippen LogP contribution is -2.67. The summed E-state index contributed by atoms with van der Waals surface area (Å²) in [6.07, 6.45) is 1.43. The normalized spacial score (nSPS) is 48.2. The summed E-state index contributed by atoms with van der Waals surface area (Å²) in [6.45, 7) is 0. The van der Waals surface area contributed by atoms with Gasteiger partial charge in [-0.3, -0.25) is 0 Å². The van der Waals surface area contributed by atoms with Gasteiger partial charge >= 0.3 is 8.80 Å². The van der Waals surface area contributed by atoms with Gasteiger partial charge in [-0.15, -0.1) is 0 Å². The molecule has 5 nitrogen and oxygen atoms in total. The highest BCUT2D eigenvalue weighted by Gasteiger charge is 2.64. The van der Waals surface area contributed by atoms with Crippen LogP contribution in [0.4, 0.5) is 0 Å². The molecule has 14 heavy (non-hydrogen) atoms. The zero-order valence-electron chi connectivity index (χ0n) is 7.98. The van der Waals surface area contributed by atoms with Crippen LogP contribution in [0, 0.1) is 0 Å². The van der Waals surface area contributed by atoms with Crippen LogP contribution in [-0.2, 0) is 0 Å². The first-order valence-corrected chi connectivity index (χ1v) is 9.22. The second kappa shape index (κ2) is 2.88. The van der Waals surface area contributed by atoms with Crippen molar-refractivity contribution in [3.8, 4) is 0 Å².